The number of urea groups is 1. The number of rotatable bonds is 4. The zero-order valence-corrected chi connectivity index (χ0v) is 11.2. The minimum atomic E-state index is -0.559. The first-order chi connectivity index (χ1) is 8.95. The summed E-state index contributed by atoms with van der Waals surface area (Å²) in [5.41, 5.74) is 0.504. The molecule has 0 aliphatic carbocycles. The molecule has 0 saturated carbocycles. The standard InChI is InChI=1S/C13H18FN3O2/c1-9(12(18)16-13(19)15-2)17(3)8-10-6-4-5-7-11(10)14/h4-7,9H,8H2,1-3H3,(H2,15,16,18,19). The van der Waals surface area contributed by atoms with E-state index in [-0.39, 0.29) is 12.4 Å². The van der Waals surface area contributed by atoms with Gasteiger partial charge in [-0.2, -0.15) is 0 Å². The molecule has 3 amide bonds. The maximum Gasteiger partial charge on any atom is 0.321 e. The smallest absolute Gasteiger partial charge is 0.321 e. The van der Waals surface area contributed by atoms with Gasteiger partial charge in [0.25, 0.3) is 0 Å². The van der Waals surface area contributed by atoms with Gasteiger partial charge in [-0.3, -0.25) is 15.0 Å². The molecule has 1 unspecified atom stereocenters. The van der Waals surface area contributed by atoms with Gasteiger partial charge in [0.05, 0.1) is 6.04 Å². The van der Waals surface area contributed by atoms with E-state index in [9.17, 15) is 14.0 Å². The Hall–Kier alpha value is -1.95. The van der Waals surface area contributed by atoms with Crippen molar-refractivity contribution in [2.75, 3.05) is 14.1 Å². The lowest BCUT2D eigenvalue weighted by Crippen LogP contribution is -2.47. The highest BCUT2D eigenvalue weighted by atomic mass is 19.1. The quantitative estimate of drug-likeness (QED) is 0.859. The lowest BCUT2D eigenvalue weighted by atomic mass is 10.1. The molecule has 0 aliphatic heterocycles. The van der Waals surface area contributed by atoms with Crippen LogP contribution in [0.5, 0.6) is 0 Å². The van der Waals surface area contributed by atoms with Gasteiger partial charge in [0.15, 0.2) is 0 Å². The summed E-state index contributed by atoms with van der Waals surface area (Å²) in [7, 11) is 3.12. The molecule has 1 aromatic carbocycles. The Bertz CT molecular complexity index is 465. The monoisotopic (exact) mass is 267 g/mol. The van der Waals surface area contributed by atoms with E-state index >= 15 is 0 Å². The average molecular weight is 267 g/mol. The summed E-state index contributed by atoms with van der Waals surface area (Å²) in [6.07, 6.45) is 0. The summed E-state index contributed by atoms with van der Waals surface area (Å²) >= 11 is 0. The molecule has 0 saturated heterocycles. The molecule has 0 fully saturated rings. The lowest BCUT2D eigenvalue weighted by molar-refractivity contribution is -0.124. The van der Waals surface area contributed by atoms with Crippen molar-refractivity contribution in [3.05, 3.63) is 35.6 Å². The van der Waals surface area contributed by atoms with Crippen molar-refractivity contribution in [1.29, 1.82) is 0 Å². The van der Waals surface area contributed by atoms with Crippen LogP contribution in [-0.2, 0) is 11.3 Å². The third-order valence-corrected chi connectivity index (χ3v) is 2.88. The predicted molar refractivity (Wildman–Crippen MR) is 69.9 cm³/mol. The van der Waals surface area contributed by atoms with E-state index in [1.165, 1.54) is 13.1 Å². The Labute approximate surface area is 111 Å². The summed E-state index contributed by atoms with van der Waals surface area (Å²) in [5.74, 6) is -0.744. The minimum Gasteiger partial charge on any atom is -0.341 e. The van der Waals surface area contributed by atoms with E-state index < -0.39 is 18.0 Å². The van der Waals surface area contributed by atoms with Gasteiger partial charge < -0.3 is 5.32 Å². The van der Waals surface area contributed by atoms with Gasteiger partial charge in [-0.05, 0) is 20.0 Å². The van der Waals surface area contributed by atoms with Crippen molar-refractivity contribution in [2.45, 2.75) is 19.5 Å². The summed E-state index contributed by atoms with van der Waals surface area (Å²) in [6.45, 7) is 1.94. The van der Waals surface area contributed by atoms with Gasteiger partial charge in [-0.25, -0.2) is 9.18 Å². The number of amides is 3. The Morgan fingerprint density at radius 3 is 2.58 bits per heavy atom. The number of halogens is 1. The number of benzene rings is 1. The van der Waals surface area contributed by atoms with Crippen molar-refractivity contribution < 1.29 is 14.0 Å². The van der Waals surface area contributed by atoms with Crippen LogP contribution in [0, 0.1) is 5.82 Å². The second kappa shape index (κ2) is 6.84. The molecular formula is C13H18FN3O2. The Morgan fingerprint density at radius 1 is 1.37 bits per heavy atom. The van der Waals surface area contributed by atoms with Gasteiger partial charge in [-0.15, -0.1) is 0 Å². The lowest BCUT2D eigenvalue weighted by Gasteiger charge is -2.23. The number of likely N-dealkylation sites (N-methyl/N-ethyl adjacent to an activating group) is 1. The van der Waals surface area contributed by atoms with Crippen LogP contribution in [0.2, 0.25) is 0 Å². The molecule has 0 radical (unpaired) electrons. The predicted octanol–water partition coefficient (Wildman–Crippen LogP) is 1.10. The highest BCUT2D eigenvalue weighted by Gasteiger charge is 2.20. The maximum atomic E-state index is 13.5. The van der Waals surface area contributed by atoms with Crippen LogP contribution < -0.4 is 10.6 Å². The number of carbonyl (C=O) groups is 2. The summed E-state index contributed by atoms with van der Waals surface area (Å²) in [6, 6.07) is 5.28. The van der Waals surface area contributed by atoms with Crippen LogP contribution in [0.4, 0.5) is 9.18 Å². The molecule has 5 nitrogen and oxygen atoms in total. The number of imide groups is 1. The molecule has 1 aromatic rings. The molecule has 1 atom stereocenters. The Kier molecular flexibility index (Phi) is 5.44. The highest BCUT2D eigenvalue weighted by Crippen LogP contribution is 2.10. The van der Waals surface area contributed by atoms with E-state index in [1.54, 1.807) is 37.1 Å². The Balaban J connectivity index is 2.62. The van der Waals surface area contributed by atoms with Gasteiger partial charge in [0, 0.05) is 19.2 Å². The summed E-state index contributed by atoms with van der Waals surface area (Å²) in [5, 5.41) is 4.49. The zero-order valence-electron chi connectivity index (χ0n) is 11.2. The SMILES string of the molecule is CNC(=O)NC(=O)C(C)N(C)Cc1ccccc1F. The van der Waals surface area contributed by atoms with Crippen molar-refractivity contribution in [2.24, 2.45) is 0 Å². The van der Waals surface area contributed by atoms with Gasteiger partial charge in [-0.1, -0.05) is 18.2 Å². The molecule has 0 spiro atoms. The first-order valence-electron chi connectivity index (χ1n) is 5.92. The number of nitrogens with zero attached hydrogens (tertiary/aromatic N) is 1. The van der Waals surface area contributed by atoms with Crippen molar-refractivity contribution >= 4 is 11.9 Å². The van der Waals surface area contributed by atoms with Gasteiger partial charge in [0.2, 0.25) is 5.91 Å². The van der Waals surface area contributed by atoms with Crippen LogP contribution in [0.3, 0.4) is 0 Å². The molecule has 6 heteroatoms. The van der Waals surface area contributed by atoms with E-state index in [0.717, 1.165) is 0 Å². The fraction of sp³-hybridized carbons (Fsp3) is 0.385. The van der Waals surface area contributed by atoms with Crippen LogP contribution in [0.15, 0.2) is 24.3 Å². The highest BCUT2D eigenvalue weighted by molar-refractivity contribution is 5.96. The number of hydrogen-bond acceptors (Lipinski definition) is 3. The van der Waals surface area contributed by atoms with Crippen LogP contribution >= 0.6 is 0 Å². The fourth-order valence-electron chi connectivity index (χ4n) is 1.51. The maximum absolute atomic E-state index is 13.5. The number of carbonyl (C=O) groups excluding carboxylic acids is 2. The van der Waals surface area contributed by atoms with Crippen molar-refractivity contribution in [1.82, 2.24) is 15.5 Å². The molecule has 19 heavy (non-hydrogen) atoms. The van der Waals surface area contributed by atoms with E-state index in [2.05, 4.69) is 10.6 Å². The average Bonchev–Trinajstić information content (AvgIpc) is 2.40. The van der Waals surface area contributed by atoms with E-state index in [1.807, 2.05) is 0 Å². The third kappa shape index (κ3) is 4.33. The third-order valence-electron chi connectivity index (χ3n) is 2.88. The summed E-state index contributed by atoms with van der Waals surface area (Å²) < 4.78 is 13.5. The van der Waals surface area contributed by atoms with Crippen LogP contribution in [0.25, 0.3) is 0 Å². The number of hydrogen-bond donors (Lipinski definition) is 2. The second-order valence-electron chi connectivity index (χ2n) is 4.25. The normalized spacial score (nSPS) is 12.1. The Morgan fingerprint density at radius 2 is 2.00 bits per heavy atom. The van der Waals surface area contributed by atoms with E-state index in [0.29, 0.717) is 5.56 Å². The van der Waals surface area contributed by atoms with Gasteiger partial charge in [0.1, 0.15) is 5.82 Å². The molecule has 0 aliphatic rings. The minimum absolute atomic E-state index is 0.287. The number of nitrogens with one attached hydrogen (secondary N) is 2. The van der Waals surface area contributed by atoms with E-state index in [4.69, 9.17) is 0 Å². The second-order valence-corrected chi connectivity index (χ2v) is 4.25. The zero-order chi connectivity index (χ0) is 14.4. The molecule has 0 heterocycles. The molecule has 104 valence electrons. The summed E-state index contributed by atoms with van der Waals surface area (Å²) in [4.78, 5) is 24.4. The topological polar surface area (TPSA) is 61.4 Å². The van der Waals surface area contributed by atoms with Gasteiger partial charge >= 0.3 is 6.03 Å². The van der Waals surface area contributed by atoms with Crippen molar-refractivity contribution in [3.8, 4) is 0 Å². The first-order valence-corrected chi connectivity index (χ1v) is 5.92. The molecular weight excluding hydrogens is 249 g/mol. The molecule has 0 aromatic heterocycles. The molecule has 0 bridgehead atoms. The van der Waals surface area contributed by atoms with Crippen LogP contribution in [-0.4, -0.2) is 37.0 Å². The molecule has 1 rings (SSSR count). The molecule has 2 N–H and O–H groups in total. The largest absolute Gasteiger partial charge is 0.341 e. The first kappa shape index (κ1) is 15.1. The fourth-order valence-corrected chi connectivity index (χ4v) is 1.51. The van der Waals surface area contributed by atoms with Crippen LogP contribution in [0.1, 0.15) is 12.5 Å². The van der Waals surface area contributed by atoms with Crippen molar-refractivity contribution in [3.63, 3.8) is 0 Å².